The number of nitro groups is 1. The third-order valence-corrected chi connectivity index (χ3v) is 3.99. The van der Waals surface area contributed by atoms with Gasteiger partial charge in [-0.3, -0.25) is 14.9 Å². The van der Waals surface area contributed by atoms with Crippen LogP contribution in [-0.2, 0) is 4.74 Å². The molecule has 0 bridgehead atoms. The van der Waals surface area contributed by atoms with E-state index in [1.54, 1.807) is 24.3 Å². The molecule has 0 fully saturated rings. The molecule has 1 heterocycles. The Hall–Kier alpha value is -4.34. The van der Waals surface area contributed by atoms with Crippen molar-refractivity contribution in [2.24, 2.45) is 0 Å². The van der Waals surface area contributed by atoms with Crippen molar-refractivity contribution in [1.82, 2.24) is 9.97 Å². The summed E-state index contributed by atoms with van der Waals surface area (Å²) >= 11 is 0. The van der Waals surface area contributed by atoms with Crippen LogP contribution < -0.4 is 10.1 Å². The molecule has 0 atom stereocenters. The second-order valence-electron chi connectivity index (χ2n) is 6.01. The molecule has 10 nitrogen and oxygen atoms in total. The van der Waals surface area contributed by atoms with Gasteiger partial charge in [0.25, 0.3) is 0 Å². The zero-order valence-electron chi connectivity index (χ0n) is 16.0. The predicted molar refractivity (Wildman–Crippen MR) is 106 cm³/mol. The van der Waals surface area contributed by atoms with Crippen molar-refractivity contribution in [2.45, 2.75) is 6.92 Å². The van der Waals surface area contributed by atoms with Crippen molar-refractivity contribution in [2.75, 3.05) is 12.4 Å². The maximum Gasteiger partial charge on any atom is 0.373 e. The first-order valence-corrected chi connectivity index (χ1v) is 8.62. The third-order valence-electron chi connectivity index (χ3n) is 3.99. The van der Waals surface area contributed by atoms with E-state index in [4.69, 9.17) is 4.74 Å². The molecule has 0 saturated heterocycles. The van der Waals surface area contributed by atoms with E-state index in [9.17, 15) is 19.7 Å². The molecule has 0 amide bonds. The standard InChI is InChI=1S/C20H16N4O6/c1-12(25)14-4-3-5-15(10-14)23-18-17(24(27)28)19(22-11-21-18)30-16-8-6-13(7-9-16)20(26)29-2/h3-11H,1-2H3,(H,21,22,23). The summed E-state index contributed by atoms with van der Waals surface area (Å²) in [5.41, 5.74) is 0.703. The highest BCUT2D eigenvalue weighted by molar-refractivity contribution is 5.95. The minimum atomic E-state index is -0.671. The number of methoxy groups -OCH3 is 1. The zero-order chi connectivity index (χ0) is 21.7. The average molecular weight is 408 g/mol. The Balaban J connectivity index is 1.91. The summed E-state index contributed by atoms with van der Waals surface area (Å²) in [6.07, 6.45) is 1.11. The molecule has 0 aliphatic carbocycles. The van der Waals surface area contributed by atoms with E-state index in [2.05, 4.69) is 20.0 Å². The first-order valence-electron chi connectivity index (χ1n) is 8.62. The van der Waals surface area contributed by atoms with Gasteiger partial charge >= 0.3 is 17.5 Å². The number of carbonyl (C=O) groups is 2. The number of carbonyl (C=O) groups excluding carboxylic acids is 2. The van der Waals surface area contributed by atoms with Gasteiger partial charge in [0.05, 0.1) is 17.6 Å². The van der Waals surface area contributed by atoms with Crippen molar-refractivity contribution in [3.05, 3.63) is 76.1 Å². The number of aromatic nitrogens is 2. The fourth-order valence-corrected chi connectivity index (χ4v) is 2.53. The molecule has 3 rings (SSSR count). The van der Waals surface area contributed by atoms with Gasteiger partial charge in [-0.25, -0.2) is 9.78 Å². The molecular weight excluding hydrogens is 392 g/mol. The molecule has 2 aromatic carbocycles. The summed E-state index contributed by atoms with van der Waals surface area (Å²) in [6, 6.07) is 12.3. The van der Waals surface area contributed by atoms with E-state index in [0.717, 1.165) is 6.33 Å². The van der Waals surface area contributed by atoms with Gasteiger partial charge in [-0.05, 0) is 43.3 Å². The van der Waals surface area contributed by atoms with Gasteiger partial charge in [-0.2, -0.15) is 4.98 Å². The Labute approximate surface area is 170 Å². The molecular formula is C20H16N4O6. The first-order chi connectivity index (χ1) is 14.4. The number of rotatable bonds is 7. The molecule has 0 aliphatic rings. The fourth-order valence-electron chi connectivity index (χ4n) is 2.53. The second kappa shape index (κ2) is 8.78. The first kappa shape index (κ1) is 20.4. The van der Waals surface area contributed by atoms with E-state index in [1.165, 1.54) is 38.3 Å². The normalized spacial score (nSPS) is 10.2. The van der Waals surface area contributed by atoms with Crippen molar-refractivity contribution in [1.29, 1.82) is 0 Å². The van der Waals surface area contributed by atoms with Gasteiger partial charge in [-0.1, -0.05) is 12.1 Å². The van der Waals surface area contributed by atoms with E-state index >= 15 is 0 Å². The molecule has 10 heteroatoms. The number of Topliss-reactive ketones (excluding diaryl/α,β-unsaturated/α-hetero) is 1. The number of ether oxygens (including phenoxy) is 2. The molecule has 0 radical (unpaired) electrons. The number of esters is 1. The second-order valence-corrected chi connectivity index (χ2v) is 6.01. The zero-order valence-corrected chi connectivity index (χ0v) is 16.0. The number of benzene rings is 2. The minimum absolute atomic E-state index is 0.100. The molecule has 0 spiro atoms. The Morgan fingerprint density at radius 1 is 1.07 bits per heavy atom. The Kier molecular flexibility index (Phi) is 5.97. The van der Waals surface area contributed by atoms with Gasteiger partial charge in [0.1, 0.15) is 12.1 Å². The lowest BCUT2D eigenvalue weighted by Gasteiger charge is -2.10. The SMILES string of the molecule is COC(=O)c1ccc(Oc2ncnc(Nc3cccc(C(C)=O)c3)c2[N+](=O)[O-])cc1. The molecule has 3 aromatic rings. The lowest BCUT2D eigenvalue weighted by molar-refractivity contribution is -0.385. The topological polar surface area (TPSA) is 134 Å². The van der Waals surface area contributed by atoms with E-state index in [0.29, 0.717) is 16.8 Å². The Bertz CT molecular complexity index is 1110. The summed E-state index contributed by atoms with van der Waals surface area (Å²) in [5, 5.41) is 14.5. The maximum absolute atomic E-state index is 11.7. The average Bonchev–Trinajstić information content (AvgIpc) is 2.74. The molecule has 152 valence electrons. The number of anilines is 2. The van der Waals surface area contributed by atoms with Crippen LogP contribution >= 0.6 is 0 Å². The van der Waals surface area contributed by atoms with Crippen LogP contribution in [0.4, 0.5) is 17.2 Å². The van der Waals surface area contributed by atoms with E-state index < -0.39 is 16.6 Å². The van der Waals surface area contributed by atoms with Gasteiger partial charge in [0.2, 0.25) is 5.82 Å². The molecule has 0 unspecified atom stereocenters. The van der Waals surface area contributed by atoms with Crippen LogP contribution in [0.15, 0.2) is 54.9 Å². The summed E-state index contributed by atoms with van der Waals surface area (Å²) in [4.78, 5) is 41.9. The smallest absolute Gasteiger partial charge is 0.373 e. The minimum Gasteiger partial charge on any atom is -0.465 e. The number of nitrogens with one attached hydrogen (secondary N) is 1. The highest BCUT2D eigenvalue weighted by Gasteiger charge is 2.25. The molecule has 1 N–H and O–H groups in total. The van der Waals surface area contributed by atoms with Crippen molar-refractivity contribution < 1.29 is 24.0 Å². The number of ketones is 1. The molecule has 0 aliphatic heterocycles. The van der Waals surface area contributed by atoms with E-state index in [-0.39, 0.29) is 23.2 Å². The highest BCUT2D eigenvalue weighted by atomic mass is 16.6. The van der Waals surface area contributed by atoms with Gasteiger partial charge in [-0.15, -0.1) is 0 Å². The van der Waals surface area contributed by atoms with Crippen LogP contribution in [0.25, 0.3) is 0 Å². The van der Waals surface area contributed by atoms with Crippen LogP contribution in [0, 0.1) is 10.1 Å². The van der Waals surface area contributed by atoms with Gasteiger partial charge < -0.3 is 14.8 Å². The fraction of sp³-hybridized carbons (Fsp3) is 0.100. The maximum atomic E-state index is 11.7. The van der Waals surface area contributed by atoms with Crippen LogP contribution in [0.2, 0.25) is 0 Å². The predicted octanol–water partition coefficient (Wildman–Crippen LogP) is 3.91. The summed E-state index contributed by atoms with van der Waals surface area (Å²) in [7, 11) is 1.26. The van der Waals surface area contributed by atoms with Crippen molar-refractivity contribution in [3.8, 4) is 11.6 Å². The highest BCUT2D eigenvalue weighted by Crippen LogP contribution is 2.35. The largest absolute Gasteiger partial charge is 0.465 e. The van der Waals surface area contributed by atoms with Crippen molar-refractivity contribution in [3.63, 3.8) is 0 Å². The number of hydrogen-bond donors (Lipinski definition) is 1. The number of nitrogens with zero attached hydrogens (tertiary/aromatic N) is 3. The van der Waals surface area contributed by atoms with Crippen molar-refractivity contribution >= 4 is 28.9 Å². The van der Waals surface area contributed by atoms with Gasteiger partial charge in [0, 0.05) is 11.3 Å². The summed E-state index contributed by atoms with van der Waals surface area (Å²) in [5.74, 6) is -0.819. The van der Waals surface area contributed by atoms with Crippen LogP contribution in [0.5, 0.6) is 11.6 Å². The third kappa shape index (κ3) is 4.55. The summed E-state index contributed by atoms with van der Waals surface area (Å²) in [6.45, 7) is 1.42. The van der Waals surface area contributed by atoms with Crippen LogP contribution in [-0.4, -0.2) is 33.8 Å². The van der Waals surface area contributed by atoms with Gasteiger partial charge in [0.15, 0.2) is 5.78 Å². The Morgan fingerprint density at radius 2 is 1.80 bits per heavy atom. The Morgan fingerprint density at radius 3 is 2.43 bits per heavy atom. The van der Waals surface area contributed by atoms with E-state index in [1.807, 2.05) is 0 Å². The summed E-state index contributed by atoms with van der Waals surface area (Å²) < 4.78 is 10.2. The lowest BCUT2D eigenvalue weighted by atomic mass is 10.1. The lowest BCUT2D eigenvalue weighted by Crippen LogP contribution is -2.04. The quantitative estimate of drug-likeness (QED) is 0.267. The molecule has 1 aromatic heterocycles. The van der Waals surface area contributed by atoms with Crippen LogP contribution in [0.1, 0.15) is 27.6 Å². The van der Waals surface area contributed by atoms with Crippen LogP contribution in [0.3, 0.4) is 0 Å². The number of hydrogen-bond acceptors (Lipinski definition) is 9. The molecule has 0 saturated carbocycles. The molecule has 30 heavy (non-hydrogen) atoms. The monoisotopic (exact) mass is 408 g/mol.